The van der Waals surface area contributed by atoms with Gasteiger partial charge in [0.15, 0.2) is 0 Å². The molecule has 10 heteroatoms. The second kappa shape index (κ2) is 12.1. The number of rotatable bonds is 6. The molecule has 0 fully saturated rings. The minimum absolute atomic E-state index is 0.0425. The minimum atomic E-state index is -0.787. The van der Waals surface area contributed by atoms with Crippen LogP contribution in [0, 0.1) is 13.8 Å². The Bertz CT molecular complexity index is 2210. The zero-order valence-electron chi connectivity index (χ0n) is 26.7. The molecule has 0 saturated carbocycles. The van der Waals surface area contributed by atoms with Crippen molar-refractivity contribution in [1.29, 1.82) is 0 Å². The van der Waals surface area contributed by atoms with Crippen LogP contribution in [-0.4, -0.2) is 35.8 Å². The van der Waals surface area contributed by atoms with E-state index < -0.39 is 35.8 Å². The molecule has 1 atom stereocenters. The Balaban J connectivity index is 1.01. The van der Waals surface area contributed by atoms with Crippen molar-refractivity contribution in [2.75, 3.05) is 0 Å². The number of esters is 6. The highest BCUT2D eigenvalue weighted by molar-refractivity contribution is 6.16. The van der Waals surface area contributed by atoms with E-state index in [1.165, 1.54) is 47.5 Å². The van der Waals surface area contributed by atoms with E-state index >= 15 is 0 Å². The summed E-state index contributed by atoms with van der Waals surface area (Å²) in [5, 5.41) is 0. The Morgan fingerprint density at radius 2 is 1.12 bits per heavy atom. The van der Waals surface area contributed by atoms with Crippen LogP contribution in [0.4, 0.5) is 0 Å². The van der Waals surface area contributed by atoms with Gasteiger partial charge in [-0.2, -0.15) is 0 Å². The fourth-order valence-electron chi connectivity index (χ4n) is 6.54. The number of hydrogen-bond donors (Lipinski definition) is 0. The van der Waals surface area contributed by atoms with Gasteiger partial charge < -0.3 is 18.9 Å². The first-order chi connectivity index (χ1) is 23.5. The Hall–Kier alpha value is -6.16. The van der Waals surface area contributed by atoms with Crippen LogP contribution in [0.5, 0.6) is 11.5 Å². The molecule has 1 unspecified atom stereocenters. The Morgan fingerprint density at radius 3 is 1.63 bits per heavy atom. The molecule has 3 aliphatic rings. The van der Waals surface area contributed by atoms with Crippen molar-refractivity contribution in [2.24, 2.45) is 0 Å². The summed E-state index contributed by atoms with van der Waals surface area (Å²) < 4.78 is 20.5. The molecule has 0 N–H and O–H groups in total. The fourth-order valence-corrected chi connectivity index (χ4v) is 6.54. The van der Waals surface area contributed by atoms with Crippen molar-refractivity contribution >= 4 is 41.4 Å². The van der Waals surface area contributed by atoms with Gasteiger partial charge in [0.1, 0.15) is 11.5 Å². The zero-order valence-corrected chi connectivity index (χ0v) is 26.7. The number of allylic oxidation sites excluding steroid dienone is 2. The molecule has 0 radical (unpaired) electrons. The summed E-state index contributed by atoms with van der Waals surface area (Å²) in [5.41, 5.74) is 6.86. The van der Waals surface area contributed by atoms with Crippen LogP contribution < -0.4 is 9.47 Å². The van der Waals surface area contributed by atoms with Crippen molar-refractivity contribution in [1.82, 2.24) is 0 Å². The van der Waals surface area contributed by atoms with Gasteiger partial charge in [0.25, 0.3) is 0 Å². The average Bonchev–Trinajstić information content (AvgIpc) is 3.54. The van der Waals surface area contributed by atoms with Gasteiger partial charge in [-0.15, -0.1) is 0 Å². The molecule has 4 aromatic carbocycles. The number of carbonyl (C=O) groups excluding carboxylic acids is 6. The van der Waals surface area contributed by atoms with Gasteiger partial charge in [-0.1, -0.05) is 23.8 Å². The third-order valence-electron chi connectivity index (χ3n) is 9.17. The third-order valence-corrected chi connectivity index (χ3v) is 9.17. The molecule has 0 saturated heterocycles. The molecule has 0 aromatic heterocycles. The molecule has 2 heterocycles. The van der Waals surface area contributed by atoms with Crippen molar-refractivity contribution in [3.8, 4) is 11.5 Å². The number of fused-ring (bicyclic) bond motifs is 2. The van der Waals surface area contributed by atoms with Crippen molar-refractivity contribution in [3.63, 3.8) is 0 Å². The van der Waals surface area contributed by atoms with Gasteiger partial charge in [-0.25, -0.2) is 28.8 Å². The van der Waals surface area contributed by atoms with E-state index in [2.05, 4.69) is 16.4 Å². The molecule has 0 spiro atoms. The number of ether oxygens (including phenoxy) is 4. The van der Waals surface area contributed by atoms with E-state index in [-0.39, 0.29) is 39.3 Å². The monoisotopic (exact) mass is 656 g/mol. The number of cyclic esters (lactones) is 4. The molecule has 7 rings (SSSR count). The predicted octanol–water partition coefficient (Wildman–Crippen LogP) is 7.10. The van der Waals surface area contributed by atoms with E-state index in [1.807, 2.05) is 38.1 Å². The zero-order chi connectivity index (χ0) is 34.6. The van der Waals surface area contributed by atoms with E-state index in [0.717, 1.165) is 41.5 Å². The highest BCUT2D eigenvalue weighted by Gasteiger charge is 2.32. The molecule has 0 bridgehead atoms. The number of hydrogen-bond acceptors (Lipinski definition) is 10. The molecule has 2 aliphatic heterocycles. The van der Waals surface area contributed by atoms with E-state index in [1.54, 1.807) is 12.1 Å². The quantitative estimate of drug-likeness (QED) is 0.120. The van der Waals surface area contributed by atoms with Crippen molar-refractivity contribution in [2.45, 2.75) is 46.0 Å². The van der Waals surface area contributed by atoms with E-state index in [0.29, 0.717) is 11.5 Å². The Kier molecular flexibility index (Phi) is 7.78. The molecule has 1 aliphatic carbocycles. The second-order valence-corrected chi connectivity index (χ2v) is 12.4. The Labute approximate surface area is 280 Å². The summed E-state index contributed by atoms with van der Waals surface area (Å²) in [4.78, 5) is 72.9. The summed E-state index contributed by atoms with van der Waals surface area (Å²) in [6.07, 6.45) is 2.60. The molecular formula is C39H28O10. The van der Waals surface area contributed by atoms with Gasteiger partial charge in [0, 0.05) is 0 Å². The van der Waals surface area contributed by atoms with Gasteiger partial charge in [-0.3, -0.25) is 0 Å². The van der Waals surface area contributed by atoms with Crippen molar-refractivity contribution in [3.05, 3.63) is 134 Å². The molecule has 49 heavy (non-hydrogen) atoms. The van der Waals surface area contributed by atoms with Crippen LogP contribution in [0.1, 0.15) is 117 Å². The summed E-state index contributed by atoms with van der Waals surface area (Å²) in [7, 11) is 0. The van der Waals surface area contributed by atoms with Crippen LogP contribution in [0.25, 0.3) is 5.57 Å². The first-order valence-electron chi connectivity index (χ1n) is 15.6. The molecule has 0 amide bonds. The first kappa shape index (κ1) is 31.4. The maximum Gasteiger partial charge on any atom is 0.346 e. The average molecular weight is 657 g/mol. The van der Waals surface area contributed by atoms with Crippen molar-refractivity contribution < 1.29 is 47.7 Å². The maximum absolute atomic E-state index is 12.9. The lowest BCUT2D eigenvalue weighted by molar-refractivity contribution is 0.0425. The highest BCUT2D eigenvalue weighted by atomic mass is 16.6. The highest BCUT2D eigenvalue weighted by Crippen LogP contribution is 2.42. The summed E-state index contributed by atoms with van der Waals surface area (Å²) in [5.74, 6) is -3.26. The lowest BCUT2D eigenvalue weighted by Crippen LogP contribution is -2.12. The van der Waals surface area contributed by atoms with E-state index in [4.69, 9.17) is 9.47 Å². The van der Waals surface area contributed by atoms with Crippen LogP contribution in [0.2, 0.25) is 0 Å². The number of carbonyl (C=O) groups is 6. The van der Waals surface area contributed by atoms with Gasteiger partial charge in [0.2, 0.25) is 0 Å². The number of aryl methyl sites for hydroxylation is 2. The maximum atomic E-state index is 12.9. The van der Waals surface area contributed by atoms with Crippen LogP contribution in [0.15, 0.2) is 78.4 Å². The fraction of sp³-hybridized carbons (Fsp3) is 0.179. The van der Waals surface area contributed by atoms with E-state index in [9.17, 15) is 28.8 Å². The predicted molar refractivity (Wildman–Crippen MR) is 174 cm³/mol. The van der Waals surface area contributed by atoms with Crippen LogP contribution in [0.3, 0.4) is 0 Å². The summed E-state index contributed by atoms with van der Waals surface area (Å²) in [6, 6.07) is 19.7. The topological polar surface area (TPSA) is 139 Å². The lowest BCUT2D eigenvalue weighted by Gasteiger charge is -2.27. The molecule has 10 nitrogen and oxygen atoms in total. The molecule has 244 valence electrons. The molecular weight excluding hydrogens is 628 g/mol. The SMILES string of the molecule is CC1=C(c2ccc(OC(=O)c3ccc4c(c3)C(=O)OC4=O)c(C)c2)CCC(c2ccc(OC(=O)c3ccc4c(c3)C(=O)OC4=O)c(C)c2)C1. The normalized spacial score (nSPS) is 16.6. The molecule has 4 aromatic rings. The number of benzene rings is 4. The largest absolute Gasteiger partial charge is 0.423 e. The Morgan fingerprint density at radius 1 is 0.612 bits per heavy atom. The standard InChI is InChI=1S/C39H28O10/c1-19-14-22(23-7-12-32(20(2)15-23)46-34(40)25-5-10-28-30(17-25)38(44)48-36(28)42)4-9-27(19)24-8-13-33(21(3)16-24)47-35(41)26-6-11-29-31(18-26)39(45)49-37(29)43/h5-8,10-13,15-18,22H,4,9,14H2,1-3H3. The second-order valence-electron chi connectivity index (χ2n) is 12.4. The smallest absolute Gasteiger partial charge is 0.346 e. The summed E-state index contributed by atoms with van der Waals surface area (Å²) >= 11 is 0. The minimum Gasteiger partial charge on any atom is -0.423 e. The lowest BCUT2D eigenvalue weighted by atomic mass is 9.78. The summed E-state index contributed by atoms with van der Waals surface area (Å²) in [6.45, 7) is 5.86. The first-order valence-corrected chi connectivity index (χ1v) is 15.6. The van der Waals surface area contributed by atoms with Crippen LogP contribution in [-0.2, 0) is 9.47 Å². The third kappa shape index (κ3) is 5.82. The van der Waals surface area contributed by atoms with Gasteiger partial charge >= 0.3 is 35.8 Å². The van der Waals surface area contributed by atoms with Crippen LogP contribution >= 0.6 is 0 Å². The van der Waals surface area contributed by atoms with Gasteiger partial charge in [0.05, 0.1) is 33.4 Å². The van der Waals surface area contributed by atoms with Gasteiger partial charge in [-0.05, 0) is 128 Å².